The molecule has 0 amide bonds. The molecule has 0 aliphatic heterocycles. The first-order valence-electron chi connectivity index (χ1n) is 7.42. The predicted molar refractivity (Wildman–Crippen MR) is 85.9 cm³/mol. The fraction of sp³-hybridized carbons (Fsp3) is 0.333. The van der Waals surface area contributed by atoms with Crippen LogP contribution in [0.5, 0.6) is 0 Å². The standard InChI is InChI=1S/C18H24N2/c19-13-7-14-20-15-12-18(16-8-3-1-4-9-16)17-10-5-2-6-11-17/h1-6,8-11,18,20H,7,12-15,19H2. The fourth-order valence-electron chi connectivity index (χ4n) is 2.49. The van der Waals surface area contributed by atoms with E-state index in [-0.39, 0.29) is 0 Å². The molecule has 0 fully saturated rings. The summed E-state index contributed by atoms with van der Waals surface area (Å²) in [7, 11) is 0. The second-order valence-corrected chi connectivity index (χ2v) is 5.05. The Labute approximate surface area is 122 Å². The maximum absolute atomic E-state index is 5.51. The van der Waals surface area contributed by atoms with Gasteiger partial charge in [0.05, 0.1) is 0 Å². The van der Waals surface area contributed by atoms with Gasteiger partial charge in [-0.3, -0.25) is 0 Å². The normalized spacial score (nSPS) is 10.9. The van der Waals surface area contributed by atoms with Crippen LogP contribution in [0.2, 0.25) is 0 Å². The zero-order chi connectivity index (χ0) is 14.0. The molecule has 3 N–H and O–H groups in total. The van der Waals surface area contributed by atoms with Gasteiger partial charge in [-0.05, 0) is 43.6 Å². The first-order chi connectivity index (χ1) is 9.92. The molecule has 0 aliphatic carbocycles. The number of nitrogens with one attached hydrogen (secondary N) is 1. The van der Waals surface area contributed by atoms with Crippen LogP contribution in [-0.4, -0.2) is 19.6 Å². The summed E-state index contributed by atoms with van der Waals surface area (Å²) in [6.45, 7) is 2.79. The minimum absolute atomic E-state index is 0.461. The summed E-state index contributed by atoms with van der Waals surface area (Å²) in [6, 6.07) is 21.5. The van der Waals surface area contributed by atoms with Crippen LogP contribution < -0.4 is 11.1 Å². The molecule has 2 aromatic carbocycles. The van der Waals surface area contributed by atoms with Gasteiger partial charge in [0, 0.05) is 5.92 Å². The van der Waals surface area contributed by atoms with Crippen molar-refractivity contribution in [3.8, 4) is 0 Å². The van der Waals surface area contributed by atoms with E-state index in [2.05, 4.69) is 66.0 Å². The molecule has 2 rings (SSSR count). The minimum Gasteiger partial charge on any atom is -0.330 e. The average Bonchev–Trinajstić information content (AvgIpc) is 2.53. The van der Waals surface area contributed by atoms with E-state index < -0.39 is 0 Å². The fourth-order valence-corrected chi connectivity index (χ4v) is 2.49. The van der Waals surface area contributed by atoms with Gasteiger partial charge in [-0.15, -0.1) is 0 Å². The quantitative estimate of drug-likeness (QED) is 0.722. The molecule has 106 valence electrons. The van der Waals surface area contributed by atoms with Crippen molar-refractivity contribution in [1.29, 1.82) is 0 Å². The van der Waals surface area contributed by atoms with Gasteiger partial charge >= 0.3 is 0 Å². The summed E-state index contributed by atoms with van der Waals surface area (Å²) in [5, 5.41) is 3.48. The van der Waals surface area contributed by atoms with E-state index in [4.69, 9.17) is 5.73 Å². The average molecular weight is 268 g/mol. The van der Waals surface area contributed by atoms with Crippen LogP contribution in [0.1, 0.15) is 29.9 Å². The van der Waals surface area contributed by atoms with E-state index in [1.54, 1.807) is 0 Å². The van der Waals surface area contributed by atoms with Crippen LogP contribution in [0.15, 0.2) is 60.7 Å². The maximum Gasteiger partial charge on any atom is 0.0101 e. The highest BCUT2D eigenvalue weighted by molar-refractivity contribution is 5.32. The Morgan fingerprint density at radius 2 is 1.35 bits per heavy atom. The third kappa shape index (κ3) is 4.48. The lowest BCUT2D eigenvalue weighted by Gasteiger charge is -2.18. The Balaban J connectivity index is 2.02. The third-order valence-corrected chi connectivity index (χ3v) is 3.57. The van der Waals surface area contributed by atoms with Crippen molar-refractivity contribution in [1.82, 2.24) is 5.32 Å². The molecule has 2 aromatic rings. The molecule has 0 bridgehead atoms. The third-order valence-electron chi connectivity index (χ3n) is 3.57. The highest BCUT2D eigenvalue weighted by Gasteiger charge is 2.12. The lowest BCUT2D eigenvalue weighted by molar-refractivity contribution is 0.598. The Morgan fingerprint density at radius 1 is 0.800 bits per heavy atom. The van der Waals surface area contributed by atoms with Crippen molar-refractivity contribution in [2.75, 3.05) is 19.6 Å². The number of hydrogen-bond acceptors (Lipinski definition) is 2. The number of hydrogen-bond donors (Lipinski definition) is 2. The molecule has 0 saturated carbocycles. The Hall–Kier alpha value is -1.64. The van der Waals surface area contributed by atoms with Crippen LogP contribution in [0.25, 0.3) is 0 Å². The van der Waals surface area contributed by atoms with Crippen molar-refractivity contribution in [2.24, 2.45) is 5.73 Å². The van der Waals surface area contributed by atoms with Gasteiger partial charge in [0.15, 0.2) is 0 Å². The predicted octanol–water partition coefficient (Wildman–Crippen LogP) is 3.15. The van der Waals surface area contributed by atoms with E-state index in [9.17, 15) is 0 Å². The van der Waals surface area contributed by atoms with Crippen LogP contribution in [0.4, 0.5) is 0 Å². The highest BCUT2D eigenvalue weighted by atomic mass is 14.8. The van der Waals surface area contributed by atoms with Gasteiger partial charge in [-0.2, -0.15) is 0 Å². The molecule has 0 atom stereocenters. The van der Waals surface area contributed by atoms with Crippen molar-refractivity contribution in [3.05, 3.63) is 71.8 Å². The first-order valence-corrected chi connectivity index (χ1v) is 7.42. The second-order valence-electron chi connectivity index (χ2n) is 5.05. The zero-order valence-electron chi connectivity index (χ0n) is 12.0. The van der Waals surface area contributed by atoms with E-state index in [0.29, 0.717) is 5.92 Å². The largest absolute Gasteiger partial charge is 0.330 e. The molecular weight excluding hydrogens is 244 g/mol. The van der Waals surface area contributed by atoms with Gasteiger partial charge in [-0.25, -0.2) is 0 Å². The summed E-state index contributed by atoms with van der Waals surface area (Å²) < 4.78 is 0. The van der Waals surface area contributed by atoms with Crippen LogP contribution in [-0.2, 0) is 0 Å². The number of benzene rings is 2. The summed E-state index contributed by atoms with van der Waals surface area (Å²) in [5.41, 5.74) is 8.29. The van der Waals surface area contributed by atoms with Crippen LogP contribution in [0.3, 0.4) is 0 Å². The van der Waals surface area contributed by atoms with E-state index in [1.807, 2.05) is 0 Å². The van der Waals surface area contributed by atoms with E-state index in [0.717, 1.165) is 32.5 Å². The Kier molecular flexibility index (Phi) is 6.28. The van der Waals surface area contributed by atoms with Gasteiger partial charge in [0.25, 0.3) is 0 Å². The van der Waals surface area contributed by atoms with Gasteiger partial charge in [-0.1, -0.05) is 60.7 Å². The molecule has 0 heterocycles. The molecular formula is C18H24N2. The van der Waals surface area contributed by atoms with Crippen LogP contribution >= 0.6 is 0 Å². The van der Waals surface area contributed by atoms with Gasteiger partial charge in [0.1, 0.15) is 0 Å². The van der Waals surface area contributed by atoms with Crippen molar-refractivity contribution in [3.63, 3.8) is 0 Å². The maximum atomic E-state index is 5.51. The topological polar surface area (TPSA) is 38.0 Å². The monoisotopic (exact) mass is 268 g/mol. The summed E-state index contributed by atoms with van der Waals surface area (Å²) in [6.07, 6.45) is 2.15. The lowest BCUT2D eigenvalue weighted by atomic mass is 9.88. The summed E-state index contributed by atoms with van der Waals surface area (Å²) in [5.74, 6) is 0.461. The van der Waals surface area contributed by atoms with Crippen LogP contribution in [0, 0.1) is 0 Å². The molecule has 0 saturated heterocycles. The molecule has 0 radical (unpaired) electrons. The van der Waals surface area contributed by atoms with E-state index in [1.165, 1.54) is 11.1 Å². The van der Waals surface area contributed by atoms with Gasteiger partial charge in [0.2, 0.25) is 0 Å². The van der Waals surface area contributed by atoms with Gasteiger partial charge < -0.3 is 11.1 Å². The Morgan fingerprint density at radius 3 is 1.85 bits per heavy atom. The zero-order valence-corrected chi connectivity index (χ0v) is 12.0. The Bertz CT molecular complexity index is 428. The molecule has 2 heteroatoms. The number of nitrogens with two attached hydrogens (primary N) is 1. The van der Waals surface area contributed by atoms with Crippen molar-refractivity contribution in [2.45, 2.75) is 18.8 Å². The van der Waals surface area contributed by atoms with Crippen molar-refractivity contribution >= 4 is 0 Å². The molecule has 0 aliphatic rings. The molecule has 2 nitrogen and oxygen atoms in total. The van der Waals surface area contributed by atoms with Crippen molar-refractivity contribution < 1.29 is 0 Å². The highest BCUT2D eigenvalue weighted by Crippen LogP contribution is 2.27. The minimum atomic E-state index is 0.461. The molecule has 20 heavy (non-hydrogen) atoms. The molecule has 0 spiro atoms. The lowest BCUT2D eigenvalue weighted by Crippen LogP contribution is -2.21. The number of rotatable bonds is 8. The smallest absolute Gasteiger partial charge is 0.0101 e. The SMILES string of the molecule is NCCCNCCC(c1ccccc1)c1ccccc1. The second kappa shape index (κ2) is 8.51. The summed E-state index contributed by atoms with van der Waals surface area (Å²) in [4.78, 5) is 0. The molecule has 0 aromatic heterocycles. The molecule has 0 unspecified atom stereocenters. The summed E-state index contributed by atoms with van der Waals surface area (Å²) >= 11 is 0. The van der Waals surface area contributed by atoms with E-state index >= 15 is 0 Å². The first kappa shape index (κ1) is 14.8.